The van der Waals surface area contributed by atoms with E-state index < -0.39 is 0 Å². The number of hydrogen-bond donors (Lipinski definition) is 0. The lowest BCUT2D eigenvalue weighted by Crippen LogP contribution is -2.02. The quantitative estimate of drug-likeness (QED) is 0.369. The van der Waals surface area contributed by atoms with Crippen molar-refractivity contribution in [3.8, 4) is 5.75 Å². The SMILES string of the molecule is C=CC(=O)OCCCCCCOc1ccc(CC)cc1. The molecule has 0 unspecified atom stereocenters. The fourth-order valence-electron chi connectivity index (χ4n) is 1.80. The van der Waals surface area contributed by atoms with E-state index in [0.717, 1.165) is 44.5 Å². The van der Waals surface area contributed by atoms with Crippen LogP contribution in [0.5, 0.6) is 5.75 Å². The number of esters is 1. The summed E-state index contributed by atoms with van der Waals surface area (Å²) in [4.78, 5) is 10.8. The van der Waals surface area contributed by atoms with E-state index in [1.807, 2.05) is 12.1 Å². The lowest BCUT2D eigenvalue weighted by atomic mass is 10.2. The molecule has 0 N–H and O–H groups in total. The number of carbonyl (C=O) groups is 1. The zero-order valence-electron chi connectivity index (χ0n) is 12.3. The van der Waals surface area contributed by atoms with Gasteiger partial charge >= 0.3 is 5.97 Å². The van der Waals surface area contributed by atoms with Crippen LogP contribution in [-0.4, -0.2) is 19.2 Å². The van der Waals surface area contributed by atoms with E-state index in [1.54, 1.807) is 0 Å². The lowest BCUT2D eigenvalue weighted by molar-refractivity contribution is -0.137. The van der Waals surface area contributed by atoms with Crippen molar-refractivity contribution in [1.29, 1.82) is 0 Å². The van der Waals surface area contributed by atoms with Crippen LogP contribution in [0.25, 0.3) is 0 Å². The lowest BCUT2D eigenvalue weighted by Gasteiger charge is -2.07. The topological polar surface area (TPSA) is 35.5 Å². The summed E-state index contributed by atoms with van der Waals surface area (Å²) in [5, 5.41) is 0. The maximum Gasteiger partial charge on any atom is 0.330 e. The van der Waals surface area contributed by atoms with E-state index in [1.165, 1.54) is 11.6 Å². The van der Waals surface area contributed by atoms with Gasteiger partial charge < -0.3 is 9.47 Å². The van der Waals surface area contributed by atoms with Crippen LogP contribution in [0.15, 0.2) is 36.9 Å². The summed E-state index contributed by atoms with van der Waals surface area (Å²) >= 11 is 0. The van der Waals surface area contributed by atoms with Crippen molar-refractivity contribution in [2.75, 3.05) is 13.2 Å². The van der Waals surface area contributed by atoms with Crippen molar-refractivity contribution in [1.82, 2.24) is 0 Å². The van der Waals surface area contributed by atoms with Gasteiger partial charge in [0.05, 0.1) is 13.2 Å². The van der Waals surface area contributed by atoms with E-state index in [4.69, 9.17) is 9.47 Å². The first kappa shape index (κ1) is 16.3. The average molecular weight is 276 g/mol. The van der Waals surface area contributed by atoms with Crippen molar-refractivity contribution in [3.63, 3.8) is 0 Å². The highest BCUT2D eigenvalue weighted by molar-refractivity contribution is 5.81. The van der Waals surface area contributed by atoms with Crippen LogP contribution in [0.3, 0.4) is 0 Å². The van der Waals surface area contributed by atoms with Gasteiger partial charge in [-0.2, -0.15) is 0 Å². The van der Waals surface area contributed by atoms with Gasteiger partial charge in [-0.1, -0.05) is 25.6 Å². The highest BCUT2D eigenvalue weighted by atomic mass is 16.5. The first-order valence-corrected chi connectivity index (χ1v) is 7.27. The molecular formula is C17H24O3. The summed E-state index contributed by atoms with van der Waals surface area (Å²) in [7, 11) is 0. The van der Waals surface area contributed by atoms with E-state index in [-0.39, 0.29) is 5.97 Å². The molecule has 3 heteroatoms. The second-order valence-electron chi connectivity index (χ2n) is 4.63. The van der Waals surface area contributed by atoms with Crippen LogP contribution < -0.4 is 4.74 Å². The number of carbonyl (C=O) groups excluding carboxylic acids is 1. The Labute approximate surface area is 121 Å². The molecule has 0 spiro atoms. The minimum Gasteiger partial charge on any atom is -0.494 e. The number of benzene rings is 1. The standard InChI is InChI=1S/C17H24O3/c1-3-15-9-11-16(12-10-15)19-13-7-5-6-8-14-20-17(18)4-2/h4,9-12H,2-3,5-8,13-14H2,1H3. The maximum atomic E-state index is 10.8. The van der Waals surface area contributed by atoms with Gasteiger partial charge in [-0.3, -0.25) is 0 Å². The Balaban J connectivity index is 1.99. The molecule has 0 aromatic heterocycles. The zero-order chi connectivity index (χ0) is 14.6. The predicted molar refractivity (Wildman–Crippen MR) is 80.9 cm³/mol. The monoisotopic (exact) mass is 276 g/mol. The molecule has 0 aliphatic rings. The molecule has 20 heavy (non-hydrogen) atoms. The molecule has 110 valence electrons. The van der Waals surface area contributed by atoms with E-state index in [2.05, 4.69) is 25.6 Å². The molecule has 1 aromatic rings. The number of aryl methyl sites for hydroxylation is 1. The van der Waals surface area contributed by atoms with Crippen molar-refractivity contribution in [2.24, 2.45) is 0 Å². The van der Waals surface area contributed by atoms with Crippen molar-refractivity contribution < 1.29 is 14.3 Å². The van der Waals surface area contributed by atoms with Crippen LogP contribution in [0.1, 0.15) is 38.2 Å². The maximum absolute atomic E-state index is 10.8. The molecule has 0 saturated heterocycles. The molecule has 1 rings (SSSR count). The first-order valence-electron chi connectivity index (χ1n) is 7.27. The Morgan fingerprint density at radius 2 is 1.75 bits per heavy atom. The van der Waals surface area contributed by atoms with Gasteiger partial charge in [0.25, 0.3) is 0 Å². The highest BCUT2D eigenvalue weighted by Crippen LogP contribution is 2.13. The van der Waals surface area contributed by atoms with Crippen molar-refractivity contribution >= 4 is 5.97 Å². The van der Waals surface area contributed by atoms with Gasteiger partial charge in [-0.05, 0) is 49.8 Å². The highest BCUT2D eigenvalue weighted by Gasteiger charge is 1.97. The molecule has 0 aliphatic heterocycles. The predicted octanol–water partition coefficient (Wildman–Crippen LogP) is 3.92. The molecule has 0 fully saturated rings. The zero-order valence-corrected chi connectivity index (χ0v) is 12.3. The second kappa shape index (κ2) is 10.1. The number of ether oxygens (including phenoxy) is 2. The summed E-state index contributed by atoms with van der Waals surface area (Å²) < 4.78 is 10.6. The summed E-state index contributed by atoms with van der Waals surface area (Å²) in [5.74, 6) is 0.589. The number of unbranched alkanes of at least 4 members (excludes halogenated alkanes) is 3. The van der Waals surface area contributed by atoms with Gasteiger partial charge in [0.1, 0.15) is 5.75 Å². The van der Waals surface area contributed by atoms with Gasteiger partial charge in [0.2, 0.25) is 0 Å². The third-order valence-corrected chi connectivity index (χ3v) is 3.05. The summed E-state index contributed by atoms with van der Waals surface area (Å²) in [5.41, 5.74) is 1.33. The molecule has 0 aliphatic carbocycles. The molecule has 0 atom stereocenters. The Morgan fingerprint density at radius 3 is 2.35 bits per heavy atom. The molecule has 0 bridgehead atoms. The Kier molecular flexibility index (Phi) is 8.20. The summed E-state index contributed by atoms with van der Waals surface area (Å²) in [6.07, 6.45) is 6.28. The molecule has 3 nitrogen and oxygen atoms in total. The van der Waals surface area contributed by atoms with E-state index in [0.29, 0.717) is 6.61 Å². The van der Waals surface area contributed by atoms with Crippen molar-refractivity contribution in [3.05, 3.63) is 42.5 Å². The third-order valence-electron chi connectivity index (χ3n) is 3.05. The Hall–Kier alpha value is -1.77. The van der Waals surface area contributed by atoms with Gasteiger partial charge in [-0.25, -0.2) is 4.79 Å². The Bertz CT molecular complexity index is 395. The largest absolute Gasteiger partial charge is 0.494 e. The molecule has 0 amide bonds. The second-order valence-corrected chi connectivity index (χ2v) is 4.63. The van der Waals surface area contributed by atoms with Gasteiger partial charge in [0.15, 0.2) is 0 Å². The smallest absolute Gasteiger partial charge is 0.330 e. The number of rotatable bonds is 10. The summed E-state index contributed by atoms with van der Waals surface area (Å²) in [6.45, 7) is 6.70. The van der Waals surface area contributed by atoms with Crippen LogP contribution in [0, 0.1) is 0 Å². The van der Waals surface area contributed by atoms with Crippen LogP contribution in [0.4, 0.5) is 0 Å². The molecule has 1 aromatic carbocycles. The first-order chi connectivity index (χ1) is 9.76. The number of hydrogen-bond acceptors (Lipinski definition) is 3. The molecule has 0 radical (unpaired) electrons. The summed E-state index contributed by atoms with van der Waals surface area (Å²) in [6, 6.07) is 8.24. The Morgan fingerprint density at radius 1 is 1.10 bits per heavy atom. The van der Waals surface area contributed by atoms with Crippen LogP contribution in [0.2, 0.25) is 0 Å². The van der Waals surface area contributed by atoms with Crippen molar-refractivity contribution in [2.45, 2.75) is 39.0 Å². The average Bonchev–Trinajstić information content (AvgIpc) is 2.50. The normalized spacial score (nSPS) is 10.1. The van der Waals surface area contributed by atoms with Gasteiger partial charge in [0, 0.05) is 6.08 Å². The van der Waals surface area contributed by atoms with Crippen LogP contribution >= 0.6 is 0 Å². The third kappa shape index (κ3) is 6.98. The molecule has 0 saturated carbocycles. The minimum absolute atomic E-state index is 0.344. The van der Waals surface area contributed by atoms with E-state index in [9.17, 15) is 4.79 Å². The van der Waals surface area contributed by atoms with Crippen LogP contribution in [-0.2, 0) is 16.0 Å². The van der Waals surface area contributed by atoms with Gasteiger partial charge in [-0.15, -0.1) is 0 Å². The fraction of sp³-hybridized carbons (Fsp3) is 0.471. The fourth-order valence-corrected chi connectivity index (χ4v) is 1.80. The molecule has 0 heterocycles. The minimum atomic E-state index is -0.344. The molecular weight excluding hydrogens is 252 g/mol. The van der Waals surface area contributed by atoms with E-state index >= 15 is 0 Å².